The summed E-state index contributed by atoms with van der Waals surface area (Å²) in [5.74, 6) is -0.566. The molecule has 0 aromatic rings. The minimum absolute atomic E-state index is 0.0296. The number of amides is 1. The lowest BCUT2D eigenvalue weighted by Crippen LogP contribution is -2.47. The van der Waals surface area contributed by atoms with E-state index in [2.05, 4.69) is 99.0 Å². The van der Waals surface area contributed by atoms with Crippen molar-refractivity contribution in [2.24, 2.45) is 0 Å². The van der Waals surface area contributed by atoms with Gasteiger partial charge in [-0.1, -0.05) is 292 Å². The number of phosphoric ester groups is 1. The Kier molecular flexibility index (Phi) is 60.1. The number of nitrogens with zero attached hydrogens (tertiary/aromatic N) is 1. The van der Waals surface area contributed by atoms with Crippen LogP contribution in [0.4, 0.5) is 0 Å². The lowest BCUT2D eigenvalue weighted by Gasteiger charge is -2.27. The molecule has 9 nitrogen and oxygen atoms in total. The third kappa shape index (κ3) is 63.5. The van der Waals surface area contributed by atoms with Crippen molar-refractivity contribution in [3.8, 4) is 0 Å². The molecule has 0 bridgehead atoms. The van der Waals surface area contributed by atoms with Crippen molar-refractivity contribution in [3.05, 3.63) is 85.1 Å². The van der Waals surface area contributed by atoms with Crippen molar-refractivity contribution in [1.82, 2.24) is 5.32 Å². The summed E-state index contributed by atoms with van der Waals surface area (Å²) in [4.78, 5) is 37.8. The highest BCUT2D eigenvalue weighted by Gasteiger charge is 2.30. The Morgan fingerprint density at radius 3 is 1.19 bits per heavy atom. The van der Waals surface area contributed by atoms with Crippen molar-refractivity contribution < 1.29 is 37.3 Å². The van der Waals surface area contributed by atoms with Crippen LogP contribution in [0.25, 0.3) is 0 Å². The van der Waals surface area contributed by atoms with Crippen LogP contribution in [0.5, 0.6) is 0 Å². The van der Waals surface area contributed by atoms with E-state index in [4.69, 9.17) is 13.8 Å². The van der Waals surface area contributed by atoms with Crippen LogP contribution in [-0.4, -0.2) is 74.3 Å². The molecule has 0 aliphatic carbocycles. The van der Waals surface area contributed by atoms with Crippen LogP contribution in [0.2, 0.25) is 0 Å². The molecule has 0 radical (unpaired) electrons. The van der Waals surface area contributed by atoms with Crippen molar-refractivity contribution in [3.63, 3.8) is 0 Å². The molecule has 0 saturated heterocycles. The van der Waals surface area contributed by atoms with Gasteiger partial charge in [0.05, 0.1) is 33.8 Å². The second kappa shape index (κ2) is 62.2. The molecule has 482 valence electrons. The van der Waals surface area contributed by atoms with Crippen molar-refractivity contribution in [1.29, 1.82) is 0 Å². The van der Waals surface area contributed by atoms with E-state index in [1.807, 2.05) is 33.3 Å². The molecule has 0 heterocycles. The first-order valence-corrected chi connectivity index (χ1v) is 36.4. The summed E-state index contributed by atoms with van der Waals surface area (Å²) in [5.41, 5.74) is 0. The first-order chi connectivity index (χ1) is 40.4. The molecule has 3 atom stereocenters. The fraction of sp³-hybridized carbons (Fsp3) is 0.781. The van der Waals surface area contributed by atoms with E-state index in [1.54, 1.807) is 0 Å². The summed E-state index contributed by atoms with van der Waals surface area (Å²) in [6.45, 7) is 6.89. The Bertz CT molecular complexity index is 1700. The number of quaternary nitrogens is 1. The summed E-state index contributed by atoms with van der Waals surface area (Å²) in [5, 5.41) is 3.06. The summed E-state index contributed by atoms with van der Waals surface area (Å²) in [7, 11) is 1.47. The highest BCUT2D eigenvalue weighted by molar-refractivity contribution is 7.47. The third-order valence-corrected chi connectivity index (χ3v) is 16.3. The van der Waals surface area contributed by atoms with Crippen LogP contribution in [-0.2, 0) is 27.9 Å². The van der Waals surface area contributed by atoms with Gasteiger partial charge >= 0.3 is 13.8 Å². The number of carbonyl (C=O) groups excluding carboxylic acids is 2. The predicted octanol–water partition coefficient (Wildman–Crippen LogP) is 22.1. The molecule has 1 amide bonds. The number of phosphoric acid groups is 1. The van der Waals surface area contributed by atoms with Crippen LogP contribution < -0.4 is 5.32 Å². The standard InChI is InChI=1S/C73H133N2O7P/c1-7-10-13-16-19-22-25-28-30-32-33-34-35-36-37-38-39-40-41-43-44-47-50-53-56-59-62-65-72(76)74-70(69-81-83(78,79)80-68-67-75(4,5)6)71(64-61-58-55-52-49-46-27-24-21-18-15-12-9-3)82-73(77)66-63-60-57-54-51-48-45-42-31-29-26-23-20-17-14-11-8-2/h11,14,20,23,28-31,45,48,54,57,61,64,70-71H,7-10,12-13,15-19,21-22,24-27,32-44,46-47,49-53,55-56,58-60,62-63,65-69H2,1-6H3,(H-,74,76,78,79)/p+1/b14-11-,23-20-,30-28+,31-29-,48-45-,57-54-,64-61-. The molecule has 83 heavy (non-hydrogen) atoms. The number of unbranched alkanes of at least 4 members (excludes halogenated alkanes) is 35. The number of allylic oxidation sites excluding steroid dienone is 13. The predicted molar refractivity (Wildman–Crippen MR) is 360 cm³/mol. The summed E-state index contributed by atoms with van der Waals surface area (Å²) in [6, 6.07) is -0.875. The van der Waals surface area contributed by atoms with Crippen LogP contribution in [0.15, 0.2) is 85.1 Å². The monoisotopic (exact) mass is 1180 g/mol. The molecule has 2 N–H and O–H groups in total. The third-order valence-electron chi connectivity index (χ3n) is 15.3. The quantitative estimate of drug-likeness (QED) is 0.0205. The van der Waals surface area contributed by atoms with Gasteiger partial charge in [-0.25, -0.2) is 4.57 Å². The van der Waals surface area contributed by atoms with Crippen LogP contribution >= 0.6 is 7.82 Å². The fourth-order valence-electron chi connectivity index (χ4n) is 9.97. The lowest BCUT2D eigenvalue weighted by atomic mass is 10.0. The number of hydrogen-bond acceptors (Lipinski definition) is 6. The van der Waals surface area contributed by atoms with Gasteiger partial charge in [0.1, 0.15) is 19.3 Å². The van der Waals surface area contributed by atoms with Crippen LogP contribution in [0.1, 0.15) is 316 Å². The molecule has 0 fully saturated rings. The van der Waals surface area contributed by atoms with Gasteiger partial charge in [-0.05, 0) is 96.0 Å². The molecule has 3 unspecified atom stereocenters. The highest BCUT2D eigenvalue weighted by Crippen LogP contribution is 2.43. The largest absolute Gasteiger partial charge is 0.472 e. The smallest absolute Gasteiger partial charge is 0.456 e. The van der Waals surface area contributed by atoms with Crippen molar-refractivity contribution in [2.75, 3.05) is 40.9 Å². The summed E-state index contributed by atoms with van der Waals surface area (Å²) < 4.78 is 30.7. The molecule has 0 aromatic heterocycles. The number of hydrogen-bond donors (Lipinski definition) is 2. The Balaban J connectivity index is 5.10. The van der Waals surface area contributed by atoms with Crippen molar-refractivity contribution in [2.45, 2.75) is 328 Å². The maximum absolute atomic E-state index is 13.6. The van der Waals surface area contributed by atoms with E-state index in [-0.39, 0.29) is 31.5 Å². The zero-order valence-electron chi connectivity index (χ0n) is 55.2. The van der Waals surface area contributed by atoms with Crippen molar-refractivity contribution >= 4 is 19.7 Å². The Morgan fingerprint density at radius 1 is 0.434 bits per heavy atom. The summed E-state index contributed by atoms with van der Waals surface area (Å²) >= 11 is 0. The molecule has 0 aromatic carbocycles. The number of nitrogens with one attached hydrogen (secondary N) is 1. The van der Waals surface area contributed by atoms with Crippen LogP contribution in [0.3, 0.4) is 0 Å². The average Bonchev–Trinajstić information content (AvgIpc) is 3.47. The Labute approximate surface area is 514 Å². The van der Waals surface area contributed by atoms with Gasteiger partial charge in [-0.15, -0.1) is 0 Å². The Morgan fingerprint density at radius 2 is 0.783 bits per heavy atom. The molecule has 0 aliphatic rings. The van der Waals surface area contributed by atoms with E-state index in [0.717, 1.165) is 77.0 Å². The molecular weight excluding hydrogens is 1050 g/mol. The van der Waals surface area contributed by atoms with Gasteiger partial charge in [0.15, 0.2) is 0 Å². The lowest BCUT2D eigenvalue weighted by molar-refractivity contribution is -0.870. The first kappa shape index (κ1) is 80.2. The highest BCUT2D eigenvalue weighted by atomic mass is 31.2. The Hall–Kier alpha value is -2.81. The normalized spacial score (nSPS) is 14.1. The van der Waals surface area contributed by atoms with Gasteiger partial charge in [0.2, 0.25) is 5.91 Å². The van der Waals surface area contributed by atoms with Gasteiger partial charge in [-0.2, -0.15) is 0 Å². The van der Waals surface area contributed by atoms with E-state index in [9.17, 15) is 19.0 Å². The number of carbonyl (C=O) groups is 2. The van der Waals surface area contributed by atoms with Gasteiger partial charge < -0.3 is 19.4 Å². The summed E-state index contributed by atoms with van der Waals surface area (Å²) in [6.07, 6.45) is 83.3. The molecule has 0 aliphatic heterocycles. The molecule has 0 saturated carbocycles. The maximum atomic E-state index is 13.6. The van der Waals surface area contributed by atoms with E-state index < -0.39 is 20.0 Å². The fourth-order valence-corrected chi connectivity index (χ4v) is 10.7. The molecular formula is C73H134N2O7P+. The zero-order chi connectivity index (χ0) is 60.7. The zero-order valence-corrected chi connectivity index (χ0v) is 56.1. The van der Waals surface area contributed by atoms with E-state index >= 15 is 0 Å². The maximum Gasteiger partial charge on any atom is 0.472 e. The van der Waals surface area contributed by atoms with Gasteiger partial charge in [0, 0.05) is 12.8 Å². The topological polar surface area (TPSA) is 111 Å². The number of ether oxygens (including phenoxy) is 1. The SMILES string of the molecule is CC/C=C\C/C=C\C/C=C\C/C=C\C/C=C\CCCC(=O)OC(/C=C\CCCCCCCCCCCCC)C(COP(=O)(O)OCC[N+](C)(C)C)NC(=O)CCCCCCCCCCCCCCCCCCC/C=C/CCCCCCCC. The minimum Gasteiger partial charge on any atom is -0.456 e. The van der Waals surface area contributed by atoms with E-state index in [0.29, 0.717) is 23.9 Å². The number of esters is 1. The van der Waals surface area contributed by atoms with Crippen LogP contribution in [0, 0.1) is 0 Å². The minimum atomic E-state index is -4.47. The van der Waals surface area contributed by atoms with E-state index in [1.165, 1.54) is 199 Å². The number of rotatable bonds is 63. The number of likely N-dealkylation sites (N-methyl/N-ethyl adjacent to an activating group) is 1. The van der Waals surface area contributed by atoms with Gasteiger partial charge in [-0.3, -0.25) is 18.6 Å². The molecule has 10 heteroatoms. The van der Waals surface area contributed by atoms with Gasteiger partial charge in [0.25, 0.3) is 0 Å². The molecule has 0 spiro atoms. The average molecular weight is 1180 g/mol. The first-order valence-electron chi connectivity index (χ1n) is 34.9. The second-order valence-electron chi connectivity index (χ2n) is 24.7. The second-order valence-corrected chi connectivity index (χ2v) is 26.1. The molecule has 0 rings (SSSR count).